The number of piperidine rings is 1. The molecule has 8 heteroatoms. The molecule has 0 aliphatic carbocycles. The van der Waals surface area contributed by atoms with Crippen molar-refractivity contribution in [1.29, 1.82) is 0 Å². The number of carbonyl (C=O) groups excluding carboxylic acids is 1. The molecule has 0 radical (unpaired) electrons. The Morgan fingerprint density at radius 1 is 1.29 bits per heavy atom. The molecule has 4 rings (SSSR count). The summed E-state index contributed by atoms with van der Waals surface area (Å²) >= 11 is 1.65. The van der Waals surface area contributed by atoms with Crippen molar-refractivity contribution >= 4 is 34.5 Å². The zero-order chi connectivity index (χ0) is 20.1. The highest BCUT2D eigenvalue weighted by Crippen LogP contribution is 2.36. The van der Waals surface area contributed by atoms with Gasteiger partial charge < -0.3 is 15.7 Å². The van der Waals surface area contributed by atoms with E-state index in [1.165, 1.54) is 4.88 Å². The zero-order valence-corrected chi connectivity index (χ0v) is 16.6. The number of aryl methyl sites for hydroxylation is 1. The van der Waals surface area contributed by atoms with Crippen molar-refractivity contribution in [3.8, 4) is 10.6 Å². The summed E-state index contributed by atoms with van der Waals surface area (Å²) in [7, 11) is 0. The molecule has 3 N–H and O–H groups in total. The summed E-state index contributed by atoms with van der Waals surface area (Å²) in [5, 5.41) is 9.62. The van der Waals surface area contributed by atoms with Crippen LogP contribution in [-0.4, -0.2) is 39.5 Å². The van der Waals surface area contributed by atoms with E-state index in [0.717, 1.165) is 16.3 Å². The van der Waals surface area contributed by atoms with Gasteiger partial charge >= 0.3 is 5.97 Å². The second-order valence-electron chi connectivity index (χ2n) is 7.58. The molecule has 0 aromatic carbocycles. The van der Waals surface area contributed by atoms with Crippen LogP contribution >= 0.6 is 11.3 Å². The number of hydrogen-bond acceptors (Lipinski definition) is 5. The number of amides is 1. The molecular formula is C20H22N4O3S. The monoisotopic (exact) mass is 398 g/mol. The fourth-order valence-electron chi connectivity index (χ4n) is 3.66. The van der Waals surface area contributed by atoms with E-state index in [9.17, 15) is 14.7 Å². The van der Waals surface area contributed by atoms with E-state index in [2.05, 4.69) is 9.88 Å². The standard InChI is InChI=1S/C20H22N4O3S/c1-12-3-4-16(28-12)15-10-22-17-14(9-13(18(25)26)11-24(15)17)23-7-5-20(2,6-8-23)19(21)27/h3-4,9-11H,5-8H2,1-2H3,(H2,21,27)(H,25,26). The van der Waals surface area contributed by atoms with Gasteiger partial charge in [-0.2, -0.15) is 0 Å². The van der Waals surface area contributed by atoms with Gasteiger partial charge in [-0.05, 0) is 38.0 Å². The third-order valence-corrected chi connectivity index (χ3v) is 6.65. The van der Waals surface area contributed by atoms with Crippen molar-refractivity contribution in [3.05, 3.63) is 41.0 Å². The van der Waals surface area contributed by atoms with E-state index in [4.69, 9.17) is 5.73 Å². The number of hydrogen-bond donors (Lipinski definition) is 2. The number of carbonyl (C=O) groups is 2. The Bertz CT molecular complexity index is 1080. The number of nitrogens with zero attached hydrogens (tertiary/aromatic N) is 3. The Kier molecular flexibility index (Phi) is 4.38. The van der Waals surface area contributed by atoms with Gasteiger partial charge in [-0.1, -0.05) is 6.92 Å². The number of carboxylic acid groups (broad SMARTS) is 1. The van der Waals surface area contributed by atoms with E-state index < -0.39 is 11.4 Å². The normalized spacial score (nSPS) is 16.4. The quantitative estimate of drug-likeness (QED) is 0.703. The molecule has 3 aromatic rings. The van der Waals surface area contributed by atoms with Gasteiger partial charge in [-0.15, -0.1) is 11.3 Å². The van der Waals surface area contributed by atoms with Crippen molar-refractivity contribution in [3.63, 3.8) is 0 Å². The van der Waals surface area contributed by atoms with Crippen LogP contribution in [0.15, 0.2) is 30.6 Å². The van der Waals surface area contributed by atoms with Gasteiger partial charge in [-0.25, -0.2) is 9.78 Å². The number of primary amides is 1. The second kappa shape index (κ2) is 6.63. The third kappa shape index (κ3) is 3.03. The SMILES string of the molecule is Cc1ccc(-c2cnc3c(N4CCC(C)(C(N)=O)CC4)cc(C(=O)O)cn23)s1. The molecule has 1 aliphatic heterocycles. The van der Waals surface area contributed by atoms with Crippen LogP contribution in [0.25, 0.3) is 16.2 Å². The summed E-state index contributed by atoms with van der Waals surface area (Å²) in [6.45, 7) is 5.18. The third-order valence-electron chi connectivity index (χ3n) is 5.63. The highest BCUT2D eigenvalue weighted by Gasteiger charge is 2.36. The minimum absolute atomic E-state index is 0.207. The molecule has 0 atom stereocenters. The van der Waals surface area contributed by atoms with Crippen molar-refractivity contribution < 1.29 is 14.7 Å². The van der Waals surface area contributed by atoms with Gasteiger partial charge in [0.2, 0.25) is 5.91 Å². The number of nitrogens with two attached hydrogens (primary N) is 1. The van der Waals surface area contributed by atoms with Gasteiger partial charge in [0.15, 0.2) is 5.65 Å². The summed E-state index contributed by atoms with van der Waals surface area (Å²) in [6, 6.07) is 5.73. The molecule has 7 nitrogen and oxygen atoms in total. The van der Waals surface area contributed by atoms with Crippen molar-refractivity contribution in [2.75, 3.05) is 18.0 Å². The van der Waals surface area contributed by atoms with E-state index in [1.54, 1.807) is 29.8 Å². The maximum absolute atomic E-state index is 11.7. The van der Waals surface area contributed by atoms with Crippen LogP contribution in [0.5, 0.6) is 0 Å². The first-order valence-corrected chi connectivity index (χ1v) is 9.96. The number of carboxylic acids is 1. The van der Waals surface area contributed by atoms with Crippen LogP contribution in [0.2, 0.25) is 0 Å². The Morgan fingerprint density at radius 3 is 2.57 bits per heavy atom. The molecule has 1 amide bonds. The predicted octanol–water partition coefficient (Wildman–Crippen LogP) is 3.16. The maximum Gasteiger partial charge on any atom is 0.337 e. The van der Waals surface area contributed by atoms with Crippen molar-refractivity contribution in [2.45, 2.75) is 26.7 Å². The average Bonchev–Trinajstić information content (AvgIpc) is 3.27. The fourth-order valence-corrected chi connectivity index (χ4v) is 4.54. The molecule has 0 bridgehead atoms. The molecule has 1 aliphatic rings. The van der Waals surface area contributed by atoms with E-state index in [-0.39, 0.29) is 11.5 Å². The Hall–Kier alpha value is -2.87. The molecular weight excluding hydrogens is 376 g/mol. The van der Waals surface area contributed by atoms with E-state index in [1.807, 2.05) is 30.4 Å². The molecule has 1 saturated heterocycles. The van der Waals surface area contributed by atoms with Crippen molar-refractivity contribution in [1.82, 2.24) is 9.38 Å². The topological polar surface area (TPSA) is 101 Å². The number of imidazole rings is 1. The number of pyridine rings is 1. The summed E-state index contributed by atoms with van der Waals surface area (Å²) in [6.07, 6.45) is 4.66. The highest BCUT2D eigenvalue weighted by atomic mass is 32.1. The first-order chi connectivity index (χ1) is 13.3. The van der Waals surface area contributed by atoms with Crippen molar-refractivity contribution in [2.24, 2.45) is 11.1 Å². The number of aromatic carboxylic acids is 1. The zero-order valence-electron chi connectivity index (χ0n) is 15.8. The number of anilines is 1. The Morgan fingerprint density at radius 2 is 2.00 bits per heavy atom. The van der Waals surface area contributed by atoms with E-state index >= 15 is 0 Å². The van der Waals surface area contributed by atoms with E-state index in [0.29, 0.717) is 31.6 Å². The first kappa shape index (κ1) is 18.5. The predicted molar refractivity (Wildman–Crippen MR) is 109 cm³/mol. The molecule has 1 fully saturated rings. The van der Waals surface area contributed by atoms with Crippen LogP contribution < -0.4 is 10.6 Å². The van der Waals surface area contributed by atoms with Gasteiger partial charge in [0, 0.05) is 29.6 Å². The first-order valence-electron chi connectivity index (χ1n) is 9.14. The lowest BCUT2D eigenvalue weighted by Gasteiger charge is -2.38. The molecule has 28 heavy (non-hydrogen) atoms. The number of aromatic nitrogens is 2. The van der Waals surface area contributed by atoms with Gasteiger partial charge in [-0.3, -0.25) is 9.20 Å². The summed E-state index contributed by atoms with van der Waals surface area (Å²) in [5.41, 5.74) is 7.60. The highest BCUT2D eigenvalue weighted by molar-refractivity contribution is 7.15. The largest absolute Gasteiger partial charge is 0.478 e. The lowest BCUT2D eigenvalue weighted by molar-refractivity contribution is -0.127. The van der Waals surface area contributed by atoms with Crippen LogP contribution in [-0.2, 0) is 4.79 Å². The number of rotatable bonds is 4. The minimum Gasteiger partial charge on any atom is -0.478 e. The Balaban J connectivity index is 1.79. The second-order valence-corrected chi connectivity index (χ2v) is 8.87. The lowest BCUT2D eigenvalue weighted by Crippen LogP contribution is -2.45. The number of thiophene rings is 1. The molecule has 4 heterocycles. The van der Waals surface area contributed by atoms with Crippen LogP contribution in [0.1, 0.15) is 35.0 Å². The summed E-state index contributed by atoms with van der Waals surface area (Å²) in [5.74, 6) is -1.27. The molecule has 0 unspecified atom stereocenters. The lowest BCUT2D eigenvalue weighted by atomic mass is 9.79. The van der Waals surface area contributed by atoms with Crippen LogP contribution in [0, 0.1) is 12.3 Å². The molecule has 146 valence electrons. The maximum atomic E-state index is 11.7. The summed E-state index contributed by atoms with van der Waals surface area (Å²) in [4.78, 5) is 32.4. The fraction of sp³-hybridized carbons (Fsp3) is 0.350. The molecule has 0 spiro atoms. The molecule has 3 aromatic heterocycles. The van der Waals surface area contributed by atoms with Gasteiger partial charge in [0.05, 0.1) is 28.0 Å². The summed E-state index contributed by atoms with van der Waals surface area (Å²) < 4.78 is 1.85. The average molecular weight is 398 g/mol. The van der Waals surface area contributed by atoms with Crippen LogP contribution in [0.3, 0.4) is 0 Å². The van der Waals surface area contributed by atoms with Gasteiger partial charge in [0.1, 0.15) is 0 Å². The smallest absolute Gasteiger partial charge is 0.337 e. The van der Waals surface area contributed by atoms with Gasteiger partial charge in [0.25, 0.3) is 0 Å². The molecule has 0 saturated carbocycles. The van der Waals surface area contributed by atoms with Crippen LogP contribution in [0.4, 0.5) is 5.69 Å². The Labute approximate surface area is 166 Å². The number of fused-ring (bicyclic) bond motifs is 1. The minimum atomic E-state index is -0.982.